The molecule has 0 aromatic carbocycles. The predicted octanol–water partition coefficient (Wildman–Crippen LogP) is 1.84. The first-order valence-electron chi connectivity index (χ1n) is 5.00. The third-order valence-corrected chi connectivity index (χ3v) is 3.36. The maximum Gasteiger partial charge on any atom is 0.0544 e. The van der Waals surface area contributed by atoms with Gasteiger partial charge < -0.3 is 9.47 Å². The van der Waals surface area contributed by atoms with Crippen molar-refractivity contribution in [1.82, 2.24) is 0 Å². The SMILES string of the molecule is CCC1(CCC2COC2)COC1. The Morgan fingerprint density at radius 2 is 2.00 bits per heavy atom. The van der Waals surface area contributed by atoms with Gasteiger partial charge in [-0.2, -0.15) is 0 Å². The maximum atomic E-state index is 5.28. The Labute approximate surface area is 74.2 Å². The van der Waals surface area contributed by atoms with Gasteiger partial charge in [-0.05, 0) is 19.3 Å². The number of hydrogen-bond donors (Lipinski definition) is 0. The van der Waals surface area contributed by atoms with E-state index in [-0.39, 0.29) is 0 Å². The second kappa shape index (κ2) is 3.35. The van der Waals surface area contributed by atoms with Gasteiger partial charge in [0, 0.05) is 11.3 Å². The van der Waals surface area contributed by atoms with Gasteiger partial charge in [0.05, 0.1) is 26.4 Å². The van der Waals surface area contributed by atoms with Crippen LogP contribution in [0.3, 0.4) is 0 Å². The lowest BCUT2D eigenvalue weighted by Gasteiger charge is -2.42. The first-order valence-corrected chi connectivity index (χ1v) is 5.00. The van der Waals surface area contributed by atoms with E-state index in [4.69, 9.17) is 9.47 Å². The van der Waals surface area contributed by atoms with Crippen LogP contribution in [0.4, 0.5) is 0 Å². The average molecular weight is 170 g/mol. The van der Waals surface area contributed by atoms with Crippen LogP contribution >= 0.6 is 0 Å². The molecule has 0 atom stereocenters. The Kier molecular flexibility index (Phi) is 2.37. The highest BCUT2D eigenvalue weighted by Crippen LogP contribution is 2.37. The van der Waals surface area contributed by atoms with E-state index >= 15 is 0 Å². The highest BCUT2D eigenvalue weighted by Gasteiger charge is 2.37. The van der Waals surface area contributed by atoms with Gasteiger partial charge in [-0.15, -0.1) is 0 Å². The molecule has 0 aromatic heterocycles. The molecule has 12 heavy (non-hydrogen) atoms. The lowest BCUT2D eigenvalue weighted by molar-refractivity contribution is -0.128. The molecule has 2 nitrogen and oxygen atoms in total. The largest absolute Gasteiger partial charge is 0.381 e. The summed E-state index contributed by atoms with van der Waals surface area (Å²) in [6.45, 7) is 6.27. The lowest BCUT2D eigenvalue weighted by Crippen LogP contribution is -2.43. The van der Waals surface area contributed by atoms with Crippen LogP contribution < -0.4 is 0 Å². The van der Waals surface area contributed by atoms with Crippen LogP contribution in [0.2, 0.25) is 0 Å². The molecule has 2 heterocycles. The molecular formula is C10H18O2. The molecule has 2 rings (SSSR count). The van der Waals surface area contributed by atoms with E-state index in [0.29, 0.717) is 5.41 Å². The molecule has 2 aliphatic rings. The summed E-state index contributed by atoms with van der Waals surface area (Å²) in [5.41, 5.74) is 0.551. The summed E-state index contributed by atoms with van der Waals surface area (Å²) in [4.78, 5) is 0. The van der Waals surface area contributed by atoms with E-state index in [1.54, 1.807) is 0 Å². The van der Waals surface area contributed by atoms with E-state index in [2.05, 4.69) is 6.92 Å². The molecule has 70 valence electrons. The van der Waals surface area contributed by atoms with Crippen LogP contribution in [0.5, 0.6) is 0 Å². The zero-order valence-corrected chi connectivity index (χ0v) is 7.84. The standard InChI is InChI=1S/C10H18O2/c1-2-10(7-12-8-10)4-3-9-5-11-6-9/h9H,2-8H2,1H3. The molecular weight excluding hydrogens is 152 g/mol. The average Bonchev–Trinajstić information content (AvgIpc) is 1.91. The Balaban J connectivity index is 1.69. The Hall–Kier alpha value is -0.0800. The van der Waals surface area contributed by atoms with Gasteiger partial charge in [-0.25, -0.2) is 0 Å². The fourth-order valence-corrected chi connectivity index (χ4v) is 1.88. The first-order chi connectivity index (χ1) is 5.85. The topological polar surface area (TPSA) is 18.5 Å². The normalized spacial score (nSPS) is 27.8. The minimum atomic E-state index is 0.551. The summed E-state index contributed by atoms with van der Waals surface area (Å²) in [7, 11) is 0. The third kappa shape index (κ3) is 1.50. The van der Waals surface area contributed by atoms with Gasteiger partial charge in [0.2, 0.25) is 0 Å². The Bertz CT molecular complexity index is 142. The monoisotopic (exact) mass is 170 g/mol. The predicted molar refractivity (Wildman–Crippen MR) is 47.1 cm³/mol. The number of rotatable bonds is 4. The van der Waals surface area contributed by atoms with Gasteiger partial charge in [-0.1, -0.05) is 6.92 Å². The maximum absolute atomic E-state index is 5.28. The summed E-state index contributed by atoms with van der Waals surface area (Å²) < 4.78 is 10.4. The quantitative estimate of drug-likeness (QED) is 0.641. The summed E-state index contributed by atoms with van der Waals surface area (Å²) >= 11 is 0. The molecule has 2 aliphatic heterocycles. The molecule has 2 fully saturated rings. The molecule has 0 unspecified atom stereocenters. The second-order valence-electron chi connectivity index (χ2n) is 4.29. The van der Waals surface area contributed by atoms with Crippen molar-refractivity contribution in [3.05, 3.63) is 0 Å². The van der Waals surface area contributed by atoms with Crippen molar-refractivity contribution in [1.29, 1.82) is 0 Å². The lowest BCUT2D eigenvalue weighted by atomic mass is 9.77. The number of ether oxygens (including phenoxy) is 2. The smallest absolute Gasteiger partial charge is 0.0544 e. The first kappa shape index (κ1) is 8.52. The van der Waals surface area contributed by atoms with E-state index in [1.807, 2.05) is 0 Å². The van der Waals surface area contributed by atoms with Crippen molar-refractivity contribution < 1.29 is 9.47 Å². The van der Waals surface area contributed by atoms with Crippen LogP contribution in [0, 0.1) is 11.3 Å². The van der Waals surface area contributed by atoms with Crippen LogP contribution in [0.25, 0.3) is 0 Å². The van der Waals surface area contributed by atoms with Crippen molar-refractivity contribution in [2.75, 3.05) is 26.4 Å². The molecule has 2 saturated heterocycles. The van der Waals surface area contributed by atoms with Crippen molar-refractivity contribution in [2.24, 2.45) is 11.3 Å². The number of hydrogen-bond acceptors (Lipinski definition) is 2. The van der Waals surface area contributed by atoms with Gasteiger partial charge in [0.1, 0.15) is 0 Å². The van der Waals surface area contributed by atoms with Crippen LogP contribution in [0.15, 0.2) is 0 Å². The third-order valence-electron chi connectivity index (χ3n) is 3.36. The highest BCUT2D eigenvalue weighted by molar-refractivity contribution is 4.85. The van der Waals surface area contributed by atoms with E-state index < -0.39 is 0 Å². The zero-order valence-electron chi connectivity index (χ0n) is 7.84. The van der Waals surface area contributed by atoms with Gasteiger partial charge in [-0.3, -0.25) is 0 Å². The zero-order chi connectivity index (χ0) is 8.44. The molecule has 0 spiro atoms. The van der Waals surface area contributed by atoms with E-state index in [9.17, 15) is 0 Å². The van der Waals surface area contributed by atoms with E-state index in [0.717, 1.165) is 32.3 Å². The van der Waals surface area contributed by atoms with E-state index in [1.165, 1.54) is 19.3 Å². The Morgan fingerprint density at radius 3 is 2.33 bits per heavy atom. The summed E-state index contributed by atoms with van der Waals surface area (Å²) in [5, 5.41) is 0. The fourth-order valence-electron chi connectivity index (χ4n) is 1.88. The van der Waals surface area contributed by atoms with Crippen molar-refractivity contribution in [3.8, 4) is 0 Å². The molecule has 0 aliphatic carbocycles. The highest BCUT2D eigenvalue weighted by atomic mass is 16.5. The fraction of sp³-hybridized carbons (Fsp3) is 1.00. The molecule has 0 amide bonds. The van der Waals surface area contributed by atoms with Gasteiger partial charge in [0.15, 0.2) is 0 Å². The van der Waals surface area contributed by atoms with Crippen LogP contribution in [-0.2, 0) is 9.47 Å². The summed E-state index contributed by atoms with van der Waals surface area (Å²) in [6.07, 6.45) is 3.97. The molecule has 0 N–H and O–H groups in total. The second-order valence-corrected chi connectivity index (χ2v) is 4.29. The van der Waals surface area contributed by atoms with Crippen LogP contribution in [-0.4, -0.2) is 26.4 Å². The molecule has 2 heteroatoms. The van der Waals surface area contributed by atoms with Crippen molar-refractivity contribution in [2.45, 2.75) is 26.2 Å². The summed E-state index contributed by atoms with van der Waals surface area (Å²) in [6, 6.07) is 0. The van der Waals surface area contributed by atoms with Gasteiger partial charge >= 0.3 is 0 Å². The van der Waals surface area contributed by atoms with Gasteiger partial charge in [0.25, 0.3) is 0 Å². The molecule has 0 saturated carbocycles. The minimum absolute atomic E-state index is 0.551. The molecule has 0 bridgehead atoms. The molecule has 0 aromatic rings. The van der Waals surface area contributed by atoms with Crippen molar-refractivity contribution in [3.63, 3.8) is 0 Å². The van der Waals surface area contributed by atoms with Crippen LogP contribution in [0.1, 0.15) is 26.2 Å². The Morgan fingerprint density at radius 1 is 1.25 bits per heavy atom. The van der Waals surface area contributed by atoms with Crippen molar-refractivity contribution >= 4 is 0 Å². The molecule has 0 radical (unpaired) electrons. The minimum Gasteiger partial charge on any atom is -0.381 e. The summed E-state index contributed by atoms with van der Waals surface area (Å²) in [5.74, 6) is 0.856.